The van der Waals surface area contributed by atoms with Crippen LogP contribution in [0.2, 0.25) is 0 Å². The van der Waals surface area contributed by atoms with Crippen molar-refractivity contribution in [3.63, 3.8) is 0 Å². The molecule has 3 rings (SSSR count). The summed E-state index contributed by atoms with van der Waals surface area (Å²) in [7, 11) is 0. The first-order valence-electron chi connectivity index (χ1n) is 7.11. The summed E-state index contributed by atoms with van der Waals surface area (Å²) in [6.45, 7) is 6.30. The van der Waals surface area contributed by atoms with Gasteiger partial charge in [-0.15, -0.1) is 10.2 Å². The van der Waals surface area contributed by atoms with Crippen molar-refractivity contribution in [1.82, 2.24) is 14.8 Å². The van der Waals surface area contributed by atoms with Gasteiger partial charge in [-0.05, 0) is 39.2 Å². The Bertz CT molecular complexity index is 606. The fourth-order valence-corrected chi connectivity index (χ4v) is 2.96. The molecule has 1 aromatic heterocycles. The molecule has 1 N–H and O–H groups in total. The van der Waals surface area contributed by atoms with Crippen LogP contribution in [0.1, 0.15) is 50.8 Å². The first-order valence-corrected chi connectivity index (χ1v) is 7.11. The maximum absolute atomic E-state index is 9.53. The second-order valence-electron chi connectivity index (χ2n) is 6.55. The Morgan fingerprint density at radius 3 is 2.30 bits per heavy atom. The molecule has 0 radical (unpaired) electrons. The molecule has 0 bridgehead atoms. The zero-order chi connectivity index (χ0) is 14.4. The van der Waals surface area contributed by atoms with Crippen LogP contribution in [0.4, 0.5) is 0 Å². The third-order valence-electron chi connectivity index (χ3n) is 4.05. The van der Waals surface area contributed by atoms with Gasteiger partial charge in [-0.1, -0.05) is 30.3 Å². The second kappa shape index (κ2) is 4.42. The molecule has 1 saturated carbocycles. The third kappa shape index (κ3) is 1.95. The topological polar surface area (TPSA) is 50.9 Å². The van der Waals surface area contributed by atoms with E-state index < -0.39 is 0 Å². The summed E-state index contributed by atoms with van der Waals surface area (Å²) in [6, 6.07) is 10.5. The van der Waals surface area contributed by atoms with Crippen molar-refractivity contribution >= 4 is 0 Å². The van der Waals surface area contributed by atoms with Gasteiger partial charge in [0.05, 0.1) is 5.41 Å². The summed E-state index contributed by atoms with van der Waals surface area (Å²) in [5.74, 6) is 1.63. The Morgan fingerprint density at radius 2 is 1.80 bits per heavy atom. The number of nitrogens with zero attached hydrogens (tertiary/aromatic N) is 3. The maximum atomic E-state index is 9.53. The molecule has 1 aliphatic rings. The Balaban J connectivity index is 2.14. The van der Waals surface area contributed by atoms with Gasteiger partial charge >= 0.3 is 0 Å². The highest BCUT2D eigenvalue weighted by Gasteiger charge is 2.51. The van der Waals surface area contributed by atoms with E-state index >= 15 is 0 Å². The summed E-state index contributed by atoms with van der Waals surface area (Å²) in [6.07, 6.45) is 2.19. The van der Waals surface area contributed by atoms with Crippen LogP contribution in [0.25, 0.3) is 0 Å². The van der Waals surface area contributed by atoms with Crippen LogP contribution in [-0.4, -0.2) is 19.9 Å². The Labute approximate surface area is 119 Å². The third-order valence-corrected chi connectivity index (χ3v) is 4.05. The summed E-state index contributed by atoms with van der Waals surface area (Å²) in [5, 5.41) is 18.1. The van der Waals surface area contributed by atoms with Crippen LogP contribution in [0.3, 0.4) is 0 Å². The molecular formula is C16H21N3O. The van der Waals surface area contributed by atoms with E-state index in [4.69, 9.17) is 0 Å². The van der Waals surface area contributed by atoms with Crippen molar-refractivity contribution in [1.29, 1.82) is 0 Å². The molecule has 106 valence electrons. The highest BCUT2D eigenvalue weighted by atomic mass is 16.3. The van der Waals surface area contributed by atoms with Crippen molar-refractivity contribution in [3.8, 4) is 0 Å². The van der Waals surface area contributed by atoms with Gasteiger partial charge in [-0.2, -0.15) is 0 Å². The zero-order valence-corrected chi connectivity index (χ0v) is 12.3. The van der Waals surface area contributed by atoms with E-state index in [1.165, 1.54) is 5.56 Å². The number of aromatic nitrogens is 3. The fraction of sp³-hybridized carbons (Fsp3) is 0.500. The Hall–Kier alpha value is -1.68. The van der Waals surface area contributed by atoms with Crippen LogP contribution in [0.5, 0.6) is 0 Å². The largest absolute Gasteiger partial charge is 0.388 e. The van der Waals surface area contributed by atoms with Crippen molar-refractivity contribution < 1.29 is 5.11 Å². The molecule has 0 unspecified atom stereocenters. The van der Waals surface area contributed by atoms with E-state index in [1.807, 2.05) is 6.07 Å². The summed E-state index contributed by atoms with van der Waals surface area (Å²) < 4.78 is 2.10. The van der Waals surface area contributed by atoms with Crippen LogP contribution in [0.15, 0.2) is 30.3 Å². The van der Waals surface area contributed by atoms with Crippen molar-refractivity contribution in [2.45, 2.75) is 51.2 Å². The average molecular weight is 271 g/mol. The number of benzene rings is 1. The van der Waals surface area contributed by atoms with Gasteiger partial charge in [-0.3, -0.25) is 0 Å². The predicted molar refractivity (Wildman–Crippen MR) is 77.4 cm³/mol. The molecular weight excluding hydrogens is 250 g/mol. The molecule has 1 heterocycles. The number of hydrogen-bond acceptors (Lipinski definition) is 3. The van der Waals surface area contributed by atoms with Gasteiger partial charge in [0.1, 0.15) is 12.4 Å². The van der Waals surface area contributed by atoms with E-state index in [2.05, 4.69) is 59.8 Å². The summed E-state index contributed by atoms with van der Waals surface area (Å²) >= 11 is 0. The lowest BCUT2D eigenvalue weighted by molar-refractivity contribution is 0.247. The normalized spacial score (nSPS) is 17.2. The van der Waals surface area contributed by atoms with Gasteiger partial charge < -0.3 is 9.67 Å². The van der Waals surface area contributed by atoms with Crippen LogP contribution < -0.4 is 0 Å². The summed E-state index contributed by atoms with van der Waals surface area (Å²) in [4.78, 5) is 0. The maximum Gasteiger partial charge on any atom is 0.159 e. The van der Waals surface area contributed by atoms with Gasteiger partial charge in [0.2, 0.25) is 0 Å². The Morgan fingerprint density at radius 1 is 1.15 bits per heavy atom. The quantitative estimate of drug-likeness (QED) is 0.933. The molecule has 1 fully saturated rings. The fourth-order valence-electron chi connectivity index (χ4n) is 2.96. The molecule has 4 heteroatoms. The van der Waals surface area contributed by atoms with Crippen LogP contribution in [-0.2, 0) is 17.6 Å². The number of rotatable bonds is 3. The first kappa shape index (κ1) is 13.3. The monoisotopic (exact) mass is 271 g/mol. The lowest BCUT2D eigenvalue weighted by Gasteiger charge is -2.27. The van der Waals surface area contributed by atoms with Crippen molar-refractivity contribution in [2.24, 2.45) is 0 Å². The van der Waals surface area contributed by atoms with E-state index in [0.29, 0.717) is 5.82 Å². The lowest BCUT2D eigenvalue weighted by atomic mass is 9.93. The molecule has 20 heavy (non-hydrogen) atoms. The average Bonchev–Trinajstić information content (AvgIpc) is 3.11. The highest BCUT2D eigenvalue weighted by molar-refractivity contribution is 5.39. The van der Waals surface area contributed by atoms with E-state index in [9.17, 15) is 5.11 Å². The van der Waals surface area contributed by atoms with E-state index in [-0.39, 0.29) is 17.6 Å². The molecule has 1 aromatic carbocycles. The van der Waals surface area contributed by atoms with Gasteiger partial charge in [0, 0.05) is 5.54 Å². The first-order chi connectivity index (χ1) is 9.49. The molecule has 2 aromatic rings. The predicted octanol–water partition coefficient (Wildman–Crippen LogP) is 2.61. The highest BCUT2D eigenvalue weighted by Crippen LogP contribution is 2.53. The molecule has 0 atom stereocenters. The number of aliphatic hydroxyl groups excluding tert-OH is 1. The van der Waals surface area contributed by atoms with E-state index in [0.717, 1.165) is 18.7 Å². The Kier molecular flexibility index (Phi) is 2.94. The molecule has 1 aliphatic carbocycles. The molecule has 0 spiro atoms. The minimum atomic E-state index is -0.138. The lowest BCUT2D eigenvalue weighted by Crippen LogP contribution is -2.30. The van der Waals surface area contributed by atoms with Crippen LogP contribution in [0, 0.1) is 0 Å². The standard InChI is InChI=1S/C16H21N3O/c1-15(2,3)19-13(11-20)17-18-14(19)16(9-10-16)12-7-5-4-6-8-12/h4-8,20H,9-11H2,1-3H3. The van der Waals surface area contributed by atoms with Crippen LogP contribution >= 0.6 is 0 Å². The smallest absolute Gasteiger partial charge is 0.159 e. The SMILES string of the molecule is CC(C)(C)n1c(CO)nnc1C1(c2ccccc2)CC1. The number of aliphatic hydroxyl groups is 1. The molecule has 0 aliphatic heterocycles. The molecule has 0 saturated heterocycles. The minimum absolute atomic E-state index is 0.0189. The van der Waals surface area contributed by atoms with Gasteiger partial charge in [-0.25, -0.2) is 0 Å². The van der Waals surface area contributed by atoms with E-state index in [1.54, 1.807) is 0 Å². The molecule has 0 amide bonds. The zero-order valence-electron chi connectivity index (χ0n) is 12.3. The minimum Gasteiger partial charge on any atom is -0.388 e. The number of hydrogen-bond donors (Lipinski definition) is 1. The molecule has 4 nitrogen and oxygen atoms in total. The van der Waals surface area contributed by atoms with Gasteiger partial charge in [0.15, 0.2) is 5.82 Å². The van der Waals surface area contributed by atoms with Crippen molar-refractivity contribution in [2.75, 3.05) is 0 Å². The second-order valence-corrected chi connectivity index (χ2v) is 6.55. The van der Waals surface area contributed by atoms with Crippen molar-refractivity contribution in [3.05, 3.63) is 47.5 Å². The summed E-state index contributed by atoms with van der Waals surface area (Å²) in [5.41, 5.74) is 1.14. The van der Waals surface area contributed by atoms with Gasteiger partial charge in [0.25, 0.3) is 0 Å².